The largest absolute Gasteiger partial charge is 0.392 e. The second-order valence-corrected chi connectivity index (χ2v) is 6.10. The van der Waals surface area contributed by atoms with Crippen molar-refractivity contribution in [1.82, 2.24) is 5.32 Å². The average molecular weight is 247 g/mol. The fraction of sp³-hybridized carbons (Fsp3) is 1.00. The second kappa shape index (κ2) is 7.31. The monoisotopic (exact) mass is 247 g/mol. The molecule has 0 saturated heterocycles. The lowest BCUT2D eigenvalue weighted by atomic mass is 10.3. The molecule has 0 amide bonds. The molecule has 0 aliphatic heterocycles. The van der Waals surface area contributed by atoms with E-state index in [4.69, 9.17) is 5.11 Å². The molecular weight excluding hydrogens is 214 g/mol. The summed E-state index contributed by atoms with van der Waals surface area (Å²) in [6.45, 7) is 8.09. The molecule has 0 aromatic heterocycles. The van der Waals surface area contributed by atoms with Crippen LogP contribution in [0.2, 0.25) is 0 Å². The van der Waals surface area contributed by atoms with Gasteiger partial charge in [0, 0.05) is 19.5 Å². The first-order valence-corrected chi connectivity index (χ1v) is 6.78. The molecule has 2 N–H and O–H groups in total. The summed E-state index contributed by atoms with van der Waals surface area (Å²) < 4.78 is 2.02. The normalized spacial score (nSPS) is 15.0. The predicted molar refractivity (Wildman–Crippen MR) is 73.4 cm³/mol. The van der Waals surface area contributed by atoms with Crippen molar-refractivity contribution >= 4 is 0 Å². The molecular formula is C13H33N3O+2. The third kappa shape index (κ3) is 6.36. The van der Waals surface area contributed by atoms with Gasteiger partial charge in [-0.15, -0.1) is 0 Å². The molecule has 0 aliphatic rings. The SMILES string of the molecule is CCC[N+](C)(C)[N+](C)(C)CCCNCC(C)O. The maximum absolute atomic E-state index is 9.14. The topological polar surface area (TPSA) is 32.3 Å². The first-order chi connectivity index (χ1) is 7.73. The Bertz CT molecular complexity index is 203. The molecule has 0 saturated carbocycles. The molecule has 0 aromatic carbocycles. The van der Waals surface area contributed by atoms with Gasteiger partial charge in [0.25, 0.3) is 0 Å². The van der Waals surface area contributed by atoms with Gasteiger partial charge in [0.1, 0.15) is 41.3 Å². The van der Waals surface area contributed by atoms with E-state index >= 15 is 0 Å². The maximum atomic E-state index is 9.14. The first-order valence-electron chi connectivity index (χ1n) is 6.78. The number of aliphatic hydroxyl groups excluding tert-OH is 1. The van der Waals surface area contributed by atoms with Crippen LogP contribution in [-0.4, -0.2) is 74.8 Å². The van der Waals surface area contributed by atoms with Crippen molar-refractivity contribution in [3.63, 3.8) is 0 Å². The van der Waals surface area contributed by atoms with Gasteiger partial charge in [-0.25, -0.2) is 0 Å². The average Bonchev–Trinajstić information content (AvgIpc) is 2.16. The number of quaternary nitrogens is 2. The van der Waals surface area contributed by atoms with E-state index < -0.39 is 0 Å². The van der Waals surface area contributed by atoms with Crippen molar-refractivity contribution in [1.29, 1.82) is 0 Å². The van der Waals surface area contributed by atoms with E-state index in [-0.39, 0.29) is 6.10 Å². The van der Waals surface area contributed by atoms with Crippen molar-refractivity contribution in [2.45, 2.75) is 32.8 Å². The van der Waals surface area contributed by atoms with Gasteiger partial charge in [-0.1, -0.05) is 6.92 Å². The Labute approximate surface area is 107 Å². The van der Waals surface area contributed by atoms with Crippen LogP contribution in [0.5, 0.6) is 0 Å². The molecule has 0 rings (SSSR count). The Balaban J connectivity index is 3.92. The van der Waals surface area contributed by atoms with E-state index in [1.165, 1.54) is 13.0 Å². The lowest BCUT2D eigenvalue weighted by Gasteiger charge is -2.44. The molecule has 104 valence electrons. The lowest BCUT2D eigenvalue weighted by Crippen LogP contribution is -2.65. The van der Waals surface area contributed by atoms with Gasteiger partial charge in [-0.2, -0.15) is 9.18 Å². The van der Waals surface area contributed by atoms with Crippen LogP contribution in [0.1, 0.15) is 26.7 Å². The van der Waals surface area contributed by atoms with Crippen LogP contribution in [-0.2, 0) is 0 Å². The van der Waals surface area contributed by atoms with Crippen LogP contribution < -0.4 is 5.32 Å². The zero-order valence-electron chi connectivity index (χ0n) is 12.7. The highest BCUT2D eigenvalue weighted by molar-refractivity contribution is 4.51. The summed E-state index contributed by atoms with van der Waals surface area (Å²) in [6, 6.07) is 0. The van der Waals surface area contributed by atoms with Crippen LogP contribution in [0.15, 0.2) is 0 Å². The minimum Gasteiger partial charge on any atom is -0.392 e. The molecule has 17 heavy (non-hydrogen) atoms. The van der Waals surface area contributed by atoms with Gasteiger partial charge in [-0.05, 0) is 13.3 Å². The minimum atomic E-state index is -0.246. The standard InChI is InChI=1S/C13H33N3O/c1-7-10-15(3,4)16(5,6)11-8-9-14-12-13(2)17/h13-14,17H,7-12H2,1-6H3/q+2. The van der Waals surface area contributed by atoms with Gasteiger partial charge in [0.2, 0.25) is 0 Å². The number of aliphatic hydroxyl groups is 1. The maximum Gasteiger partial charge on any atom is 0.123 e. The summed E-state index contributed by atoms with van der Waals surface area (Å²) >= 11 is 0. The Morgan fingerprint density at radius 2 is 1.59 bits per heavy atom. The van der Waals surface area contributed by atoms with Gasteiger partial charge >= 0.3 is 0 Å². The molecule has 0 bridgehead atoms. The van der Waals surface area contributed by atoms with Crippen molar-refractivity contribution in [3.05, 3.63) is 0 Å². The van der Waals surface area contributed by atoms with Gasteiger partial charge < -0.3 is 10.4 Å². The van der Waals surface area contributed by atoms with Gasteiger partial charge in [0.05, 0.1) is 6.10 Å². The molecule has 0 heterocycles. The van der Waals surface area contributed by atoms with Crippen molar-refractivity contribution < 1.29 is 14.3 Å². The number of hydrogen-bond acceptors (Lipinski definition) is 2. The minimum absolute atomic E-state index is 0.246. The van der Waals surface area contributed by atoms with E-state index in [9.17, 15) is 0 Å². The fourth-order valence-corrected chi connectivity index (χ4v) is 1.99. The molecule has 4 nitrogen and oxygen atoms in total. The third-order valence-electron chi connectivity index (χ3n) is 3.74. The number of rotatable bonds is 9. The summed E-state index contributed by atoms with van der Waals surface area (Å²) in [5.41, 5.74) is 0. The van der Waals surface area contributed by atoms with E-state index in [0.29, 0.717) is 6.54 Å². The van der Waals surface area contributed by atoms with Crippen molar-refractivity contribution in [3.8, 4) is 0 Å². The molecule has 1 atom stereocenters. The molecule has 1 unspecified atom stereocenters. The molecule has 0 aromatic rings. The van der Waals surface area contributed by atoms with Crippen LogP contribution in [0.4, 0.5) is 0 Å². The third-order valence-corrected chi connectivity index (χ3v) is 3.74. The molecule has 0 radical (unpaired) electrons. The number of hydrogen-bond donors (Lipinski definition) is 2. The molecule has 0 aliphatic carbocycles. The summed E-state index contributed by atoms with van der Waals surface area (Å²) in [5, 5.41) is 12.4. The first kappa shape index (κ1) is 16.8. The summed E-state index contributed by atoms with van der Waals surface area (Å²) in [7, 11) is 9.19. The fourth-order valence-electron chi connectivity index (χ4n) is 1.99. The molecule has 0 fully saturated rings. The Morgan fingerprint density at radius 1 is 1.06 bits per heavy atom. The number of nitrogens with zero attached hydrogens (tertiary/aromatic N) is 2. The second-order valence-electron chi connectivity index (χ2n) is 6.10. The Kier molecular flexibility index (Phi) is 7.24. The van der Waals surface area contributed by atoms with E-state index in [1.54, 1.807) is 0 Å². The van der Waals surface area contributed by atoms with E-state index in [2.05, 4.69) is 40.4 Å². The summed E-state index contributed by atoms with van der Waals surface area (Å²) in [5.74, 6) is 0. The number of nitrogens with one attached hydrogen (secondary N) is 1. The van der Waals surface area contributed by atoms with Gasteiger partial charge in [0.15, 0.2) is 0 Å². The van der Waals surface area contributed by atoms with E-state index in [0.717, 1.165) is 28.7 Å². The van der Waals surface area contributed by atoms with Crippen LogP contribution in [0.3, 0.4) is 0 Å². The lowest BCUT2D eigenvalue weighted by molar-refractivity contribution is -1.47. The van der Waals surface area contributed by atoms with Crippen molar-refractivity contribution in [2.75, 3.05) is 54.4 Å². The van der Waals surface area contributed by atoms with Crippen LogP contribution >= 0.6 is 0 Å². The quantitative estimate of drug-likeness (QED) is 0.359. The zero-order valence-corrected chi connectivity index (χ0v) is 12.7. The van der Waals surface area contributed by atoms with E-state index in [1.807, 2.05) is 6.92 Å². The van der Waals surface area contributed by atoms with Crippen LogP contribution in [0, 0.1) is 0 Å². The zero-order chi connectivity index (χ0) is 13.5. The highest BCUT2D eigenvalue weighted by Gasteiger charge is 2.34. The molecule has 4 heteroatoms. The Hall–Kier alpha value is -0.160. The van der Waals surface area contributed by atoms with Crippen LogP contribution in [0.25, 0.3) is 0 Å². The smallest absolute Gasteiger partial charge is 0.123 e. The predicted octanol–water partition coefficient (Wildman–Crippen LogP) is 0.825. The summed E-state index contributed by atoms with van der Waals surface area (Å²) in [6.07, 6.45) is 2.12. The highest BCUT2D eigenvalue weighted by atomic mass is 16.3. The summed E-state index contributed by atoms with van der Waals surface area (Å²) in [4.78, 5) is 0. The van der Waals surface area contributed by atoms with Crippen molar-refractivity contribution in [2.24, 2.45) is 0 Å². The van der Waals surface area contributed by atoms with Gasteiger partial charge in [-0.3, -0.25) is 0 Å². The Morgan fingerprint density at radius 3 is 2.06 bits per heavy atom. The molecule has 0 spiro atoms. The highest BCUT2D eigenvalue weighted by Crippen LogP contribution is 2.13.